The van der Waals surface area contributed by atoms with Crippen LogP contribution in [0.3, 0.4) is 0 Å². The Kier molecular flexibility index (Phi) is 5.42. The zero-order valence-electron chi connectivity index (χ0n) is 16.7. The molecule has 0 spiro atoms. The molecule has 1 amide bonds. The molecule has 0 atom stereocenters. The van der Waals surface area contributed by atoms with Crippen molar-refractivity contribution in [2.75, 3.05) is 16.0 Å². The number of anilines is 5. The molecule has 0 saturated heterocycles. The van der Waals surface area contributed by atoms with Crippen molar-refractivity contribution in [2.45, 2.75) is 33.1 Å². The van der Waals surface area contributed by atoms with Crippen molar-refractivity contribution in [2.24, 2.45) is 5.92 Å². The molecule has 0 aliphatic heterocycles. The molecule has 1 heterocycles. The normalized spacial score (nSPS) is 13.0. The maximum Gasteiger partial charge on any atom is 0.229 e. The lowest BCUT2D eigenvalue weighted by Crippen LogP contribution is -2.11. The van der Waals surface area contributed by atoms with Crippen molar-refractivity contribution in [1.82, 2.24) is 9.97 Å². The quantitative estimate of drug-likeness (QED) is 0.511. The molecule has 1 aromatic heterocycles. The number of aromatic nitrogens is 2. The van der Waals surface area contributed by atoms with E-state index in [1.165, 1.54) is 18.4 Å². The molecule has 1 saturated carbocycles. The summed E-state index contributed by atoms with van der Waals surface area (Å²) in [4.78, 5) is 20.9. The minimum absolute atomic E-state index is 0.0893. The molecule has 3 N–H and O–H groups in total. The maximum absolute atomic E-state index is 11.9. The molecule has 2 aromatic carbocycles. The number of benzene rings is 2. The number of amides is 1. The zero-order valence-corrected chi connectivity index (χ0v) is 16.7. The number of hydrogen-bond acceptors (Lipinski definition) is 5. The van der Waals surface area contributed by atoms with Crippen LogP contribution in [0, 0.1) is 19.8 Å². The number of hydrogen-bond donors (Lipinski definition) is 3. The van der Waals surface area contributed by atoms with E-state index in [9.17, 15) is 4.79 Å². The van der Waals surface area contributed by atoms with Gasteiger partial charge in [0.25, 0.3) is 0 Å². The van der Waals surface area contributed by atoms with Crippen LogP contribution >= 0.6 is 0 Å². The van der Waals surface area contributed by atoms with Crippen LogP contribution < -0.4 is 16.0 Å². The summed E-state index contributed by atoms with van der Waals surface area (Å²) in [6.45, 7) is 3.99. The Morgan fingerprint density at radius 1 is 0.897 bits per heavy atom. The molecule has 1 aliphatic rings. The van der Waals surface area contributed by atoms with Gasteiger partial charge in [-0.3, -0.25) is 4.79 Å². The first-order chi connectivity index (χ1) is 14.0. The third-order valence-corrected chi connectivity index (χ3v) is 4.77. The standard InChI is InChI=1S/C23H25N5O/c1-15-3-7-20(8-4-15)27-23-24-16(2)13-21(28-23)25-18-9-11-19(12-10-18)26-22(29)14-17-5-6-17/h3-4,7-13,17H,5-6,14H2,1-2H3,(H,26,29)(H2,24,25,27,28). The molecule has 4 rings (SSSR count). The van der Waals surface area contributed by atoms with Gasteiger partial charge in [-0.1, -0.05) is 17.7 Å². The van der Waals surface area contributed by atoms with Gasteiger partial charge in [-0.15, -0.1) is 0 Å². The lowest BCUT2D eigenvalue weighted by atomic mass is 10.2. The highest BCUT2D eigenvalue weighted by atomic mass is 16.1. The highest BCUT2D eigenvalue weighted by molar-refractivity contribution is 5.91. The summed E-state index contributed by atoms with van der Waals surface area (Å²) in [7, 11) is 0. The highest BCUT2D eigenvalue weighted by Gasteiger charge is 2.24. The Bertz CT molecular complexity index is 995. The van der Waals surface area contributed by atoms with Gasteiger partial charge in [0.15, 0.2) is 0 Å². The van der Waals surface area contributed by atoms with E-state index in [1.54, 1.807) is 0 Å². The summed E-state index contributed by atoms with van der Waals surface area (Å²) >= 11 is 0. The van der Waals surface area contributed by atoms with Crippen molar-refractivity contribution in [3.63, 3.8) is 0 Å². The monoisotopic (exact) mass is 387 g/mol. The van der Waals surface area contributed by atoms with E-state index in [0.29, 0.717) is 24.1 Å². The number of nitrogens with zero attached hydrogens (tertiary/aromatic N) is 2. The molecule has 6 heteroatoms. The molecule has 1 aliphatic carbocycles. The summed E-state index contributed by atoms with van der Waals surface area (Å²) in [5, 5.41) is 9.49. The van der Waals surface area contributed by atoms with Crippen molar-refractivity contribution < 1.29 is 4.79 Å². The second-order valence-corrected chi connectivity index (χ2v) is 7.61. The Morgan fingerprint density at radius 2 is 1.52 bits per heavy atom. The number of carbonyl (C=O) groups is 1. The first kappa shape index (κ1) is 18.9. The molecule has 0 unspecified atom stereocenters. The van der Waals surface area contributed by atoms with Crippen LogP contribution in [0.25, 0.3) is 0 Å². The van der Waals surface area contributed by atoms with Crippen LogP contribution in [-0.4, -0.2) is 15.9 Å². The SMILES string of the molecule is Cc1ccc(Nc2nc(C)cc(Nc3ccc(NC(=O)CC4CC4)cc3)n2)cc1. The molecule has 3 aromatic rings. The summed E-state index contributed by atoms with van der Waals surface area (Å²) < 4.78 is 0. The van der Waals surface area contributed by atoms with Crippen molar-refractivity contribution in [3.05, 3.63) is 65.9 Å². The van der Waals surface area contributed by atoms with Crippen LogP contribution in [0.2, 0.25) is 0 Å². The number of rotatable bonds is 7. The lowest BCUT2D eigenvalue weighted by Gasteiger charge is -2.11. The molecule has 148 valence electrons. The topological polar surface area (TPSA) is 78.9 Å². The van der Waals surface area contributed by atoms with Gasteiger partial charge in [0.1, 0.15) is 5.82 Å². The van der Waals surface area contributed by atoms with E-state index in [2.05, 4.69) is 32.8 Å². The first-order valence-electron chi connectivity index (χ1n) is 9.90. The zero-order chi connectivity index (χ0) is 20.2. The summed E-state index contributed by atoms with van der Waals surface area (Å²) in [5.74, 6) is 1.92. The van der Waals surface area contributed by atoms with Gasteiger partial charge >= 0.3 is 0 Å². The Morgan fingerprint density at radius 3 is 2.21 bits per heavy atom. The van der Waals surface area contributed by atoms with Crippen LogP contribution in [0.15, 0.2) is 54.6 Å². The Labute approximate surface area is 170 Å². The van der Waals surface area contributed by atoms with Crippen LogP contribution in [0.5, 0.6) is 0 Å². The predicted molar refractivity (Wildman–Crippen MR) is 117 cm³/mol. The largest absolute Gasteiger partial charge is 0.340 e. The van der Waals surface area contributed by atoms with Gasteiger partial charge in [0, 0.05) is 35.2 Å². The van der Waals surface area contributed by atoms with E-state index < -0.39 is 0 Å². The first-order valence-corrected chi connectivity index (χ1v) is 9.90. The smallest absolute Gasteiger partial charge is 0.229 e. The minimum Gasteiger partial charge on any atom is -0.340 e. The average Bonchev–Trinajstić information content (AvgIpc) is 3.49. The average molecular weight is 387 g/mol. The van der Waals surface area contributed by atoms with Crippen molar-refractivity contribution in [3.8, 4) is 0 Å². The second kappa shape index (κ2) is 8.31. The summed E-state index contributed by atoms with van der Waals surface area (Å²) in [5.41, 5.74) is 4.71. The van der Waals surface area contributed by atoms with E-state index >= 15 is 0 Å². The fourth-order valence-corrected chi connectivity index (χ4v) is 3.04. The third kappa shape index (κ3) is 5.54. The van der Waals surface area contributed by atoms with Crippen molar-refractivity contribution in [1.29, 1.82) is 0 Å². The van der Waals surface area contributed by atoms with Crippen LogP contribution in [0.1, 0.15) is 30.5 Å². The van der Waals surface area contributed by atoms with Crippen LogP contribution in [0.4, 0.5) is 28.8 Å². The van der Waals surface area contributed by atoms with E-state index in [4.69, 9.17) is 0 Å². The van der Waals surface area contributed by atoms with E-state index in [1.807, 2.05) is 61.5 Å². The van der Waals surface area contributed by atoms with Crippen molar-refractivity contribution >= 4 is 34.7 Å². The maximum atomic E-state index is 11.9. The molecule has 0 radical (unpaired) electrons. The van der Waals surface area contributed by atoms with E-state index in [0.717, 1.165) is 22.8 Å². The van der Waals surface area contributed by atoms with Gasteiger partial charge in [-0.2, -0.15) is 4.98 Å². The second-order valence-electron chi connectivity index (χ2n) is 7.61. The fraction of sp³-hybridized carbons (Fsp3) is 0.261. The Balaban J connectivity index is 1.41. The number of aryl methyl sites for hydroxylation is 2. The van der Waals surface area contributed by atoms with E-state index in [-0.39, 0.29) is 5.91 Å². The molecule has 29 heavy (non-hydrogen) atoms. The third-order valence-electron chi connectivity index (χ3n) is 4.77. The Hall–Kier alpha value is -3.41. The summed E-state index contributed by atoms with van der Waals surface area (Å²) in [6, 6.07) is 17.6. The van der Waals surface area contributed by atoms with Gasteiger partial charge < -0.3 is 16.0 Å². The molecular weight excluding hydrogens is 362 g/mol. The number of carbonyl (C=O) groups excluding carboxylic acids is 1. The predicted octanol–water partition coefficient (Wildman–Crippen LogP) is 5.32. The van der Waals surface area contributed by atoms with Gasteiger partial charge in [0.2, 0.25) is 11.9 Å². The fourth-order valence-electron chi connectivity index (χ4n) is 3.04. The van der Waals surface area contributed by atoms with Gasteiger partial charge in [-0.05, 0) is 69.0 Å². The molecular formula is C23H25N5O. The van der Waals surface area contributed by atoms with Gasteiger partial charge in [-0.25, -0.2) is 4.98 Å². The molecule has 0 bridgehead atoms. The highest BCUT2D eigenvalue weighted by Crippen LogP contribution is 2.32. The molecule has 6 nitrogen and oxygen atoms in total. The number of nitrogens with one attached hydrogen (secondary N) is 3. The van der Waals surface area contributed by atoms with Gasteiger partial charge in [0.05, 0.1) is 0 Å². The lowest BCUT2D eigenvalue weighted by molar-refractivity contribution is -0.116. The minimum atomic E-state index is 0.0893. The molecule has 1 fully saturated rings. The summed E-state index contributed by atoms with van der Waals surface area (Å²) in [6.07, 6.45) is 2.97. The van der Waals surface area contributed by atoms with Crippen LogP contribution in [-0.2, 0) is 4.79 Å².